The molecule has 7 nitrogen and oxygen atoms in total. The molecule has 1 aromatic carbocycles. The van der Waals surface area contributed by atoms with Crippen molar-refractivity contribution in [2.75, 3.05) is 18.9 Å². The number of hydrogen-bond donors (Lipinski definition) is 2. The zero-order valence-electron chi connectivity index (χ0n) is 14.5. The van der Waals surface area contributed by atoms with E-state index in [2.05, 4.69) is 5.32 Å². The number of hydrogen-bond acceptors (Lipinski definition) is 5. The third kappa shape index (κ3) is 5.70. The van der Waals surface area contributed by atoms with Gasteiger partial charge in [-0.25, -0.2) is 0 Å². The summed E-state index contributed by atoms with van der Waals surface area (Å²) in [6, 6.07) is 4.28. The molecule has 0 aliphatic carbocycles. The van der Waals surface area contributed by atoms with Crippen LogP contribution in [0.2, 0.25) is 0 Å². The highest BCUT2D eigenvalue weighted by atomic mass is 16.4. The molecule has 0 aliphatic heterocycles. The fourth-order valence-corrected chi connectivity index (χ4v) is 2.49. The largest absolute Gasteiger partial charge is 0.481 e. The molecule has 0 aromatic heterocycles. The molecule has 0 spiro atoms. The van der Waals surface area contributed by atoms with Crippen LogP contribution in [0.1, 0.15) is 53.3 Å². The molecule has 1 atom stereocenters. The monoisotopic (exact) mass is 348 g/mol. The molecule has 0 radical (unpaired) electrons. The summed E-state index contributed by atoms with van der Waals surface area (Å²) in [5.41, 5.74) is 0.868. The maximum absolute atomic E-state index is 12.8. The van der Waals surface area contributed by atoms with Crippen LogP contribution < -0.4 is 5.32 Å². The van der Waals surface area contributed by atoms with E-state index in [1.54, 1.807) is 12.1 Å². The third-order valence-electron chi connectivity index (χ3n) is 3.88. The number of amides is 1. The number of carboxylic acid groups (broad SMARTS) is 1. The van der Waals surface area contributed by atoms with Gasteiger partial charge in [-0.05, 0) is 18.9 Å². The van der Waals surface area contributed by atoms with Gasteiger partial charge in [0.2, 0.25) is 0 Å². The number of carbonyl (C=O) groups is 4. The molecule has 1 rings (SSSR count). The highest BCUT2D eigenvalue weighted by Crippen LogP contribution is 2.22. The summed E-state index contributed by atoms with van der Waals surface area (Å²) < 4.78 is 0. The molecule has 2 N–H and O–H groups in total. The first-order chi connectivity index (χ1) is 12.0. The van der Waals surface area contributed by atoms with Crippen molar-refractivity contribution in [3.8, 4) is 0 Å². The maximum Gasteiger partial charge on any atom is 0.303 e. The van der Waals surface area contributed by atoms with Gasteiger partial charge >= 0.3 is 5.97 Å². The van der Waals surface area contributed by atoms with Crippen LogP contribution in [-0.2, 0) is 9.59 Å². The van der Waals surface area contributed by atoms with E-state index in [0.29, 0.717) is 31.4 Å². The van der Waals surface area contributed by atoms with E-state index in [9.17, 15) is 19.2 Å². The van der Waals surface area contributed by atoms with Crippen molar-refractivity contribution in [1.82, 2.24) is 4.90 Å². The van der Waals surface area contributed by atoms with Gasteiger partial charge in [-0.1, -0.05) is 25.5 Å². The maximum atomic E-state index is 12.8. The predicted octanol–water partition coefficient (Wildman–Crippen LogP) is 2.22. The van der Waals surface area contributed by atoms with Crippen molar-refractivity contribution in [2.45, 2.75) is 38.6 Å². The minimum Gasteiger partial charge on any atom is -0.481 e. The number of likely N-dealkylation sites (N-methyl/N-ethyl adjacent to an activating group) is 1. The minimum absolute atomic E-state index is 0.00721. The average Bonchev–Trinajstić information content (AvgIpc) is 2.61. The van der Waals surface area contributed by atoms with Crippen molar-refractivity contribution in [3.63, 3.8) is 0 Å². The van der Waals surface area contributed by atoms with E-state index in [1.807, 2.05) is 6.92 Å². The Morgan fingerprint density at radius 1 is 1.32 bits per heavy atom. The lowest BCUT2D eigenvalue weighted by Gasteiger charge is -2.25. The van der Waals surface area contributed by atoms with Crippen molar-refractivity contribution >= 4 is 30.1 Å². The predicted molar refractivity (Wildman–Crippen MR) is 94.0 cm³/mol. The SMILES string of the molecule is CCCC(C=O)N(C)C(=O)c1c(C=O)cccc1NCCCC(=O)O. The molecule has 1 aromatic rings. The van der Waals surface area contributed by atoms with Crippen LogP contribution in [0.4, 0.5) is 5.69 Å². The number of carboxylic acids is 1. The molecule has 0 heterocycles. The van der Waals surface area contributed by atoms with Crippen LogP contribution in [-0.4, -0.2) is 54.1 Å². The van der Waals surface area contributed by atoms with Crippen molar-refractivity contribution in [2.24, 2.45) is 0 Å². The molecule has 0 aliphatic rings. The number of carbonyl (C=O) groups excluding carboxylic acids is 3. The second-order valence-corrected chi connectivity index (χ2v) is 5.72. The molecule has 0 saturated carbocycles. The molecule has 0 saturated heterocycles. The van der Waals surface area contributed by atoms with Crippen LogP contribution in [0.3, 0.4) is 0 Å². The number of aliphatic carboxylic acids is 1. The topological polar surface area (TPSA) is 104 Å². The second-order valence-electron chi connectivity index (χ2n) is 5.72. The molecule has 1 unspecified atom stereocenters. The molecule has 1 amide bonds. The van der Waals surface area contributed by atoms with Gasteiger partial charge in [0.1, 0.15) is 6.29 Å². The minimum atomic E-state index is -0.895. The lowest BCUT2D eigenvalue weighted by atomic mass is 10.0. The molecule has 7 heteroatoms. The summed E-state index contributed by atoms with van der Waals surface area (Å²) in [6.45, 7) is 2.27. The summed E-state index contributed by atoms with van der Waals surface area (Å²) in [5.74, 6) is -1.32. The lowest BCUT2D eigenvalue weighted by molar-refractivity contribution is -0.137. The van der Waals surface area contributed by atoms with Crippen LogP contribution in [0, 0.1) is 0 Å². The molecule has 0 bridgehead atoms. The lowest BCUT2D eigenvalue weighted by Crippen LogP contribution is -2.38. The van der Waals surface area contributed by atoms with E-state index in [-0.39, 0.29) is 17.5 Å². The Balaban J connectivity index is 3.05. The van der Waals surface area contributed by atoms with Crippen molar-refractivity contribution in [3.05, 3.63) is 29.3 Å². The van der Waals surface area contributed by atoms with Crippen molar-refractivity contribution in [1.29, 1.82) is 0 Å². The zero-order valence-corrected chi connectivity index (χ0v) is 14.5. The number of nitrogens with one attached hydrogen (secondary N) is 1. The first-order valence-electron chi connectivity index (χ1n) is 8.22. The van der Waals surface area contributed by atoms with E-state index < -0.39 is 17.9 Å². The van der Waals surface area contributed by atoms with Crippen LogP contribution in [0.15, 0.2) is 18.2 Å². The molecule has 0 fully saturated rings. The number of nitrogens with zero attached hydrogens (tertiary/aromatic N) is 1. The van der Waals surface area contributed by atoms with E-state index in [4.69, 9.17) is 5.11 Å². The Bertz CT molecular complexity index is 630. The molecule has 136 valence electrons. The number of aldehydes is 2. The Hall–Kier alpha value is -2.70. The zero-order chi connectivity index (χ0) is 18.8. The standard InChI is InChI=1S/C18H24N2O5/c1-3-6-14(12-22)20(2)18(25)17-13(11-21)7-4-8-15(17)19-10-5-9-16(23)24/h4,7-8,11-12,14,19H,3,5-6,9-10H2,1-2H3,(H,23,24). The van der Waals surface area contributed by atoms with Gasteiger partial charge in [0.25, 0.3) is 5.91 Å². The average molecular weight is 348 g/mol. The summed E-state index contributed by atoms with van der Waals surface area (Å²) in [6.07, 6.45) is 3.00. The summed E-state index contributed by atoms with van der Waals surface area (Å²) >= 11 is 0. The third-order valence-corrected chi connectivity index (χ3v) is 3.88. The number of benzene rings is 1. The quantitative estimate of drug-likeness (QED) is 0.469. The Kier molecular flexibility index (Phi) is 8.32. The van der Waals surface area contributed by atoms with E-state index in [1.165, 1.54) is 18.0 Å². The number of anilines is 1. The van der Waals surface area contributed by atoms with Crippen LogP contribution in [0.5, 0.6) is 0 Å². The molecular formula is C18H24N2O5. The van der Waals surface area contributed by atoms with Crippen LogP contribution >= 0.6 is 0 Å². The van der Waals surface area contributed by atoms with Gasteiger partial charge in [0, 0.05) is 31.3 Å². The van der Waals surface area contributed by atoms with Gasteiger partial charge in [0.05, 0.1) is 11.6 Å². The summed E-state index contributed by atoms with van der Waals surface area (Å²) in [5, 5.41) is 11.7. The molecule has 25 heavy (non-hydrogen) atoms. The first-order valence-corrected chi connectivity index (χ1v) is 8.22. The molecular weight excluding hydrogens is 324 g/mol. The highest BCUT2D eigenvalue weighted by Gasteiger charge is 2.24. The highest BCUT2D eigenvalue weighted by molar-refractivity contribution is 6.06. The first kappa shape index (κ1) is 20.3. The van der Waals surface area contributed by atoms with Crippen LogP contribution in [0.25, 0.3) is 0 Å². The van der Waals surface area contributed by atoms with E-state index in [0.717, 1.165) is 12.7 Å². The normalized spacial score (nSPS) is 11.4. The summed E-state index contributed by atoms with van der Waals surface area (Å²) in [7, 11) is 1.53. The Morgan fingerprint density at radius 2 is 2.04 bits per heavy atom. The van der Waals surface area contributed by atoms with Gasteiger partial charge in [0.15, 0.2) is 6.29 Å². The van der Waals surface area contributed by atoms with Gasteiger partial charge in [-0.3, -0.25) is 14.4 Å². The second kappa shape index (κ2) is 10.2. The van der Waals surface area contributed by atoms with Gasteiger partial charge < -0.3 is 20.1 Å². The van der Waals surface area contributed by atoms with Crippen molar-refractivity contribution < 1.29 is 24.3 Å². The van der Waals surface area contributed by atoms with Gasteiger partial charge in [-0.2, -0.15) is 0 Å². The van der Waals surface area contributed by atoms with E-state index >= 15 is 0 Å². The number of rotatable bonds is 11. The Labute approximate surface area is 147 Å². The summed E-state index contributed by atoms with van der Waals surface area (Å²) in [4.78, 5) is 47.3. The van der Waals surface area contributed by atoms with Gasteiger partial charge in [-0.15, -0.1) is 0 Å². The fourth-order valence-electron chi connectivity index (χ4n) is 2.49. The Morgan fingerprint density at radius 3 is 2.60 bits per heavy atom. The fraction of sp³-hybridized carbons (Fsp3) is 0.444. The smallest absolute Gasteiger partial charge is 0.303 e.